The minimum atomic E-state index is -0.762. The van der Waals surface area contributed by atoms with Crippen LogP contribution in [0.4, 0.5) is 5.69 Å². The molecule has 6 N–H and O–H groups in total. The van der Waals surface area contributed by atoms with Gasteiger partial charge in [0.15, 0.2) is 5.56 Å². The molecule has 2 amide bonds. The van der Waals surface area contributed by atoms with Crippen LogP contribution in [0.1, 0.15) is 54.3 Å². The Bertz CT molecular complexity index is 1310. The molecule has 0 atom stereocenters. The van der Waals surface area contributed by atoms with Crippen molar-refractivity contribution < 1.29 is 14.7 Å². The number of aromatic nitrogens is 3. The lowest BCUT2D eigenvalue weighted by molar-refractivity contribution is 0.0942. The molecule has 1 aliphatic carbocycles. The van der Waals surface area contributed by atoms with E-state index in [4.69, 9.17) is 11.5 Å². The van der Waals surface area contributed by atoms with Gasteiger partial charge in [0.05, 0.1) is 11.3 Å². The van der Waals surface area contributed by atoms with E-state index < -0.39 is 23.3 Å². The molecule has 0 bridgehead atoms. The molecular formula is C22H26N6O4. The maximum absolute atomic E-state index is 13.2. The molecule has 0 spiro atoms. The van der Waals surface area contributed by atoms with Gasteiger partial charge in [-0.3, -0.25) is 19.0 Å². The Kier molecular flexibility index (Phi) is 4.95. The predicted molar refractivity (Wildman–Crippen MR) is 119 cm³/mol. The number of aromatic hydroxyl groups is 1. The zero-order valence-corrected chi connectivity index (χ0v) is 18.2. The first kappa shape index (κ1) is 21.4. The smallest absolute Gasteiger partial charge is 0.291 e. The number of carbonyl (C=O) groups is 2. The summed E-state index contributed by atoms with van der Waals surface area (Å²) >= 11 is 0. The second-order valence-electron chi connectivity index (χ2n) is 9.33. The topological polar surface area (TPSA) is 158 Å². The first-order chi connectivity index (χ1) is 15.0. The van der Waals surface area contributed by atoms with Crippen molar-refractivity contribution in [2.45, 2.75) is 46.2 Å². The Labute approximate surface area is 183 Å². The van der Waals surface area contributed by atoms with E-state index in [-0.39, 0.29) is 45.2 Å². The lowest BCUT2D eigenvalue weighted by atomic mass is 9.96. The fourth-order valence-electron chi connectivity index (χ4n) is 3.66. The highest BCUT2D eigenvalue weighted by atomic mass is 16.3. The van der Waals surface area contributed by atoms with Crippen LogP contribution in [0.25, 0.3) is 16.9 Å². The Hall–Kier alpha value is -3.82. The molecule has 0 saturated heterocycles. The molecule has 1 fully saturated rings. The van der Waals surface area contributed by atoms with Gasteiger partial charge >= 0.3 is 0 Å². The molecule has 4 rings (SSSR count). The van der Waals surface area contributed by atoms with Crippen molar-refractivity contribution in [3.8, 4) is 17.1 Å². The molecule has 2 heterocycles. The van der Waals surface area contributed by atoms with Crippen molar-refractivity contribution in [1.29, 1.82) is 0 Å². The molecule has 10 nitrogen and oxygen atoms in total. The minimum absolute atomic E-state index is 0.00323. The molecule has 0 unspecified atom stereocenters. The van der Waals surface area contributed by atoms with Crippen LogP contribution in [0.3, 0.4) is 0 Å². The zero-order valence-electron chi connectivity index (χ0n) is 18.2. The quantitative estimate of drug-likeness (QED) is 0.442. The molecule has 10 heteroatoms. The second kappa shape index (κ2) is 7.40. The number of nitrogen functional groups attached to an aromatic ring is 1. The number of rotatable bonds is 5. The van der Waals surface area contributed by atoms with Crippen LogP contribution in [0, 0.1) is 5.41 Å². The van der Waals surface area contributed by atoms with Crippen molar-refractivity contribution in [2.24, 2.45) is 11.1 Å². The number of hydrogen-bond acceptors (Lipinski definition) is 6. The summed E-state index contributed by atoms with van der Waals surface area (Å²) in [5.41, 5.74) is 11.4. The third-order valence-corrected chi connectivity index (χ3v) is 5.24. The van der Waals surface area contributed by atoms with Crippen LogP contribution in [0.15, 0.2) is 29.1 Å². The number of amides is 2. The normalized spacial score (nSPS) is 14.0. The van der Waals surface area contributed by atoms with Gasteiger partial charge in [-0.15, -0.1) is 0 Å². The molecular weight excluding hydrogens is 412 g/mol. The number of nitrogens with two attached hydrogens (primary N) is 2. The van der Waals surface area contributed by atoms with Crippen LogP contribution in [0.5, 0.6) is 5.88 Å². The fourth-order valence-corrected chi connectivity index (χ4v) is 3.66. The summed E-state index contributed by atoms with van der Waals surface area (Å²) in [4.78, 5) is 37.9. The third kappa shape index (κ3) is 3.79. The molecule has 1 aliphatic rings. The highest BCUT2D eigenvalue weighted by Gasteiger charge is 2.30. The maximum Gasteiger partial charge on any atom is 0.291 e. The second-order valence-corrected chi connectivity index (χ2v) is 9.33. The average molecular weight is 438 g/mol. The highest BCUT2D eigenvalue weighted by Crippen LogP contribution is 2.32. The molecule has 0 aliphatic heterocycles. The lowest BCUT2D eigenvalue weighted by Gasteiger charge is -2.23. The van der Waals surface area contributed by atoms with E-state index in [2.05, 4.69) is 10.4 Å². The number of nitrogens with zero attached hydrogens (tertiary/aromatic N) is 3. The zero-order chi connectivity index (χ0) is 23.4. The van der Waals surface area contributed by atoms with Crippen LogP contribution in [0.2, 0.25) is 0 Å². The molecule has 1 aromatic carbocycles. The monoisotopic (exact) mass is 438 g/mol. The maximum atomic E-state index is 13.2. The first-order valence-electron chi connectivity index (χ1n) is 10.3. The summed E-state index contributed by atoms with van der Waals surface area (Å²) in [6.45, 7) is 6.18. The van der Waals surface area contributed by atoms with Gasteiger partial charge in [-0.25, -0.2) is 0 Å². The Morgan fingerprint density at radius 3 is 2.56 bits per heavy atom. The number of primary amides is 1. The van der Waals surface area contributed by atoms with Crippen molar-refractivity contribution in [2.75, 3.05) is 5.73 Å². The predicted octanol–water partition coefficient (Wildman–Crippen LogP) is 1.49. The van der Waals surface area contributed by atoms with Crippen molar-refractivity contribution in [1.82, 2.24) is 19.5 Å². The van der Waals surface area contributed by atoms with Crippen LogP contribution < -0.4 is 22.3 Å². The first-order valence-corrected chi connectivity index (χ1v) is 10.3. The van der Waals surface area contributed by atoms with E-state index in [1.807, 2.05) is 20.8 Å². The number of benzene rings is 1. The number of hydrogen-bond donors (Lipinski definition) is 4. The van der Waals surface area contributed by atoms with E-state index in [0.717, 1.165) is 17.4 Å². The minimum Gasteiger partial charge on any atom is -0.494 e. The van der Waals surface area contributed by atoms with Gasteiger partial charge in [-0.2, -0.15) is 9.61 Å². The Balaban J connectivity index is 2.01. The molecule has 1 saturated carbocycles. The largest absolute Gasteiger partial charge is 0.494 e. The van der Waals surface area contributed by atoms with E-state index in [1.54, 1.807) is 18.2 Å². The van der Waals surface area contributed by atoms with Gasteiger partial charge < -0.3 is 21.9 Å². The summed E-state index contributed by atoms with van der Waals surface area (Å²) in [5.74, 6) is -1.77. The van der Waals surface area contributed by atoms with Crippen molar-refractivity contribution in [3.63, 3.8) is 0 Å². The van der Waals surface area contributed by atoms with Crippen LogP contribution in [-0.4, -0.2) is 37.1 Å². The molecule has 2 aromatic heterocycles. The Morgan fingerprint density at radius 1 is 1.28 bits per heavy atom. The molecule has 3 aromatic rings. The lowest BCUT2D eigenvalue weighted by Crippen LogP contribution is -2.35. The van der Waals surface area contributed by atoms with E-state index in [0.29, 0.717) is 6.54 Å². The van der Waals surface area contributed by atoms with E-state index >= 15 is 0 Å². The van der Waals surface area contributed by atoms with Gasteiger partial charge in [0.25, 0.3) is 11.5 Å². The van der Waals surface area contributed by atoms with Gasteiger partial charge in [-0.05, 0) is 30.4 Å². The molecule has 168 valence electrons. The highest BCUT2D eigenvalue weighted by molar-refractivity contribution is 6.02. The van der Waals surface area contributed by atoms with Crippen LogP contribution in [-0.2, 0) is 6.54 Å². The van der Waals surface area contributed by atoms with Crippen molar-refractivity contribution in [3.05, 3.63) is 45.7 Å². The van der Waals surface area contributed by atoms with E-state index in [9.17, 15) is 19.5 Å². The SMILES string of the molecule is CC(C)(C)Cn1c(O)c(C(=O)NC2CC2)c(=O)n2nc(-c3c(N)cccc3C(N)=O)cc12. The van der Waals surface area contributed by atoms with Gasteiger partial charge in [0.2, 0.25) is 11.8 Å². The van der Waals surface area contributed by atoms with Crippen LogP contribution >= 0.6 is 0 Å². The molecule has 32 heavy (non-hydrogen) atoms. The summed E-state index contributed by atoms with van der Waals surface area (Å²) in [6.07, 6.45) is 1.67. The Morgan fingerprint density at radius 2 is 1.97 bits per heavy atom. The van der Waals surface area contributed by atoms with E-state index in [1.165, 1.54) is 10.6 Å². The molecule has 0 radical (unpaired) electrons. The summed E-state index contributed by atoms with van der Waals surface area (Å²) in [6, 6.07) is 6.26. The summed E-state index contributed by atoms with van der Waals surface area (Å²) < 4.78 is 2.53. The fraction of sp³-hybridized carbons (Fsp3) is 0.364. The van der Waals surface area contributed by atoms with Gasteiger partial charge in [0.1, 0.15) is 5.65 Å². The number of fused-ring (bicyclic) bond motifs is 1. The standard InChI is InChI=1S/C22H26N6O4/c1-22(2,3)10-27-15-9-14(16-12(18(24)29)5-4-6-13(16)23)26-28(15)21(32)17(20(27)31)19(30)25-11-7-8-11/h4-6,9,11,31H,7-8,10,23H2,1-3H3,(H2,24,29)(H,25,30). The number of anilines is 1. The van der Waals surface area contributed by atoms with Gasteiger partial charge in [0, 0.05) is 29.9 Å². The van der Waals surface area contributed by atoms with Crippen molar-refractivity contribution >= 4 is 23.1 Å². The number of carbonyl (C=O) groups excluding carboxylic acids is 2. The summed E-state index contributed by atoms with van der Waals surface area (Å²) in [7, 11) is 0. The van der Waals surface area contributed by atoms with Gasteiger partial charge in [-0.1, -0.05) is 26.8 Å². The average Bonchev–Trinajstić information content (AvgIpc) is 3.38. The number of nitrogens with one attached hydrogen (secondary N) is 1. The summed E-state index contributed by atoms with van der Waals surface area (Å²) in [5, 5.41) is 18.1. The third-order valence-electron chi connectivity index (χ3n) is 5.24.